The molecule has 6 heteroatoms. The standard InChI is InChI=1S/C22H23N3O3/c1-24-13-22(28-21(24)27)11-6-12-25(14-22)20(26)23-19-17-9-4-2-7-15(17)16-8-3-5-10-18(16)19/h2-5,7-10,19H,6,11-14H2,1H3,(H,23,26)/t22-/m1/s1. The summed E-state index contributed by atoms with van der Waals surface area (Å²) in [6.07, 6.45) is 1.31. The van der Waals surface area contributed by atoms with Gasteiger partial charge in [0.05, 0.1) is 19.1 Å². The zero-order valence-electron chi connectivity index (χ0n) is 15.9. The van der Waals surface area contributed by atoms with Gasteiger partial charge in [0.1, 0.15) is 5.60 Å². The van der Waals surface area contributed by atoms with Gasteiger partial charge in [-0.2, -0.15) is 0 Å². The number of amides is 3. The van der Waals surface area contributed by atoms with Gasteiger partial charge in [-0.25, -0.2) is 9.59 Å². The molecule has 0 unspecified atom stereocenters. The molecule has 0 radical (unpaired) electrons. The summed E-state index contributed by atoms with van der Waals surface area (Å²) in [6.45, 7) is 1.64. The number of carbonyl (C=O) groups is 2. The van der Waals surface area contributed by atoms with E-state index in [0.29, 0.717) is 19.6 Å². The third-order valence-corrected chi connectivity index (χ3v) is 6.07. The highest BCUT2D eigenvalue weighted by atomic mass is 16.6. The van der Waals surface area contributed by atoms with Crippen LogP contribution in [0.3, 0.4) is 0 Å². The molecule has 3 amide bonds. The number of fused-ring (bicyclic) bond motifs is 3. The lowest BCUT2D eigenvalue weighted by Crippen LogP contribution is -2.55. The Bertz CT molecular complexity index is 914. The van der Waals surface area contributed by atoms with Crippen LogP contribution in [-0.2, 0) is 4.74 Å². The van der Waals surface area contributed by atoms with E-state index in [-0.39, 0.29) is 18.2 Å². The molecule has 2 aliphatic heterocycles. The van der Waals surface area contributed by atoms with Gasteiger partial charge in [-0.1, -0.05) is 48.5 Å². The van der Waals surface area contributed by atoms with Crippen molar-refractivity contribution in [3.63, 3.8) is 0 Å². The molecule has 5 rings (SSSR count). The molecule has 3 aliphatic rings. The Labute approximate surface area is 164 Å². The predicted molar refractivity (Wildman–Crippen MR) is 105 cm³/mol. The van der Waals surface area contributed by atoms with Crippen molar-refractivity contribution in [2.24, 2.45) is 0 Å². The Kier molecular flexibility index (Phi) is 3.82. The first kappa shape index (κ1) is 17.1. The van der Waals surface area contributed by atoms with E-state index in [2.05, 4.69) is 29.6 Å². The molecule has 1 N–H and O–H groups in total. The van der Waals surface area contributed by atoms with E-state index in [1.54, 1.807) is 16.8 Å². The second-order valence-electron chi connectivity index (χ2n) is 7.99. The van der Waals surface area contributed by atoms with Crippen LogP contribution >= 0.6 is 0 Å². The number of likely N-dealkylation sites (N-methyl/N-ethyl adjacent to an activating group) is 1. The van der Waals surface area contributed by atoms with Crippen LogP contribution in [0.25, 0.3) is 11.1 Å². The summed E-state index contributed by atoms with van der Waals surface area (Å²) in [5.74, 6) is 0. The Balaban J connectivity index is 1.38. The number of piperidine rings is 1. The van der Waals surface area contributed by atoms with Gasteiger partial charge < -0.3 is 19.9 Å². The summed E-state index contributed by atoms with van der Waals surface area (Å²) < 4.78 is 5.63. The number of benzene rings is 2. The van der Waals surface area contributed by atoms with Crippen molar-refractivity contribution in [2.75, 3.05) is 26.7 Å². The van der Waals surface area contributed by atoms with Crippen LogP contribution in [0.5, 0.6) is 0 Å². The molecule has 2 heterocycles. The number of carbonyl (C=O) groups excluding carboxylic acids is 2. The summed E-state index contributed by atoms with van der Waals surface area (Å²) in [6, 6.07) is 16.2. The van der Waals surface area contributed by atoms with Gasteiger partial charge >= 0.3 is 12.1 Å². The maximum absolute atomic E-state index is 13.1. The molecule has 2 fully saturated rings. The molecule has 144 valence electrons. The van der Waals surface area contributed by atoms with Crippen molar-refractivity contribution in [1.29, 1.82) is 0 Å². The summed E-state index contributed by atoms with van der Waals surface area (Å²) in [5, 5.41) is 3.22. The third kappa shape index (κ3) is 2.63. The molecule has 2 aromatic carbocycles. The van der Waals surface area contributed by atoms with Crippen LogP contribution in [0.4, 0.5) is 9.59 Å². The average molecular weight is 377 g/mol. The zero-order chi connectivity index (χ0) is 19.3. The maximum Gasteiger partial charge on any atom is 0.410 e. The summed E-state index contributed by atoms with van der Waals surface area (Å²) in [4.78, 5) is 28.4. The third-order valence-electron chi connectivity index (χ3n) is 6.07. The quantitative estimate of drug-likeness (QED) is 0.829. The van der Waals surface area contributed by atoms with Gasteiger partial charge in [-0.05, 0) is 35.1 Å². The predicted octanol–water partition coefficient (Wildman–Crippen LogP) is 3.38. The number of nitrogens with zero attached hydrogens (tertiary/aromatic N) is 2. The molecule has 0 bridgehead atoms. The Morgan fingerprint density at radius 2 is 1.71 bits per heavy atom. The highest BCUT2D eigenvalue weighted by Crippen LogP contribution is 2.43. The van der Waals surface area contributed by atoms with Crippen LogP contribution in [0.1, 0.15) is 30.0 Å². The van der Waals surface area contributed by atoms with Crippen LogP contribution in [-0.4, -0.2) is 54.2 Å². The first-order valence-corrected chi connectivity index (χ1v) is 9.74. The normalized spacial score (nSPS) is 23.5. The Hall–Kier alpha value is -3.02. The Morgan fingerprint density at radius 3 is 2.32 bits per heavy atom. The van der Waals surface area contributed by atoms with Crippen LogP contribution in [0.2, 0.25) is 0 Å². The molecule has 6 nitrogen and oxygen atoms in total. The number of nitrogens with one attached hydrogen (secondary N) is 1. The summed E-state index contributed by atoms with van der Waals surface area (Å²) >= 11 is 0. The monoisotopic (exact) mass is 377 g/mol. The average Bonchev–Trinajstić information content (AvgIpc) is 3.16. The molecule has 28 heavy (non-hydrogen) atoms. The number of hydrogen-bond donors (Lipinski definition) is 1. The van der Waals surface area contributed by atoms with E-state index < -0.39 is 5.60 Å². The van der Waals surface area contributed by atoms with Crippen molar-refractivity contribution in [3.8, 4) is 11.1 Å². The minimum absolute atomic E-state index is 0.110. The molecule has 2 aromatic rings. The second kappa shape index (κ2) is 6.26. The zero-order valence-corrected chi connectivity index (χ0v) is 15.9. The molecule has 2 saturated heterocycles. The molecule has 1 atom stereocenters. The van der Waals surface area contributed by atoms with Gasteiger partial charge in [0, 0.05) is 13.6 Å². The second-order valence-corrected chi connectivity index (χ2v) is 7.99. The van der Waals surface area contributed by atoms with Crippen molar-refractivity contribution >= 4 is 12.1 Å². The van der Waals surface area contributed by atoms with Gasteiger partial charge in [0.25, 0.3) is 0 Å². The fourth-order valence-corrected chi connectivity index (χ4v) is 4.80. The smallest absolute Gasteiger partial charge is 0.410 e. The number of hydrogen-bond acceptors (Lipinski definition) is 3. The molecule has 0 saturated carbocycles. The SMILES string of the molecule is CN1C[C@@]2(CCCN(C(=O)NC3c4ccccc4-c4ccccc43)C2)OC1=O. The fourth-order valence-electron chi connectivity index (χ4n) is 4.80. The molecule has 0 aromatic heterocycles. The minimum Gasteiger partial charge on any atom is -0.439 e. The van der Waals surface area contributed by atoms with Crippen molar-refractivity contribution < 1.29 is 14.3 Å². The van der Waals surface area contributed by atoms with Crippen molar-refractivity contribution in [3.05, 3.63) is 59.7 Å². The fraction of sp³-hybridized carbons (Fsp3) is 0.364. The van der Waals surface area contributed by atoms with Gasteiger partial charge in [-0.3, -0.25) is 0 Å². The van der Waals surface area contributed by atoms with Crippen molar-refractivity contribution in [2.45, 2.75) is 24.5 Å². The molecule has 1 aliphatic carbocycles. The van der Waals surface area contributed by atoms with E-state index in [4.69, 9.17) is 4.74 Å². The van der Waals surface area contributed by atoms with Crippen molar-refractivity contribution in [1.82, 2.24) is 15.1 Å². The van der Waals surface area contributed by atoms with E-state index in [1.807, 2.05) is 24.3 Å². The highest BCUT2D eigenvalue weighted by Gasteiger charge is 2.47. The maximum atomic E-state index is 13.1. The number of urea groups is 1. The van der Waals surface area contributed by atoms with Gasteiger partial charge in [0.15, 0.2) is 0 Å². The molecular formula is C22H23N3O3. The lowest BCUT2D eigenvalue weighted by atomic mass is 9.93. The van der Waals surface area contributed by atoms with E-state index >= 15 is 0 Å². The molecular weight excluding hydrogens is 354 g/mol. The largest absolute Gasteiger partial charge is 0.439 e. The Morgan fingerprint density at radius 1 is 1.07 bits per heavy atom. The molecule has 1 spiro atoms. The van der Waals surface area contributed by atoms with E-state index in [1.165, 1.54) is 11.1 Å². The number of ether oxygens (including phenoxy) is 1. The summed E-state index contributed by atoms with van der Waals surface area (Å²) in [5.41, 5.74) is 4.01. The van der Waals surface area contributed by atoms with Crippen LogP contribution in [0.15, 0.2) is 48.5 Å². The lowest BCUT2D eigenvalue weighted by molar-refractivity contribution is 0.00301. The van der Waals surface area contributed by atoms with Crippen LogP contribution in [0, 0.1) is 0 Å². The minimum atomic E-state index is -0.576. The van der Waals surface area contributed by atoms with E-state index in [0.717, 1.165) is 24.0 Å². The number of rotatable bonds is 1. The lowest BCUT2D eigenvalue weighted by Gasteiger charge is -2.38. The van der Waals surface area contributed by atoms with Gasteiger partial charge in [-0.15, -0.1) is 0 Å². The van der Waals surface area contributed by atoms with Gasteiger partial charge in [0.2, 0.25) is 0 Å². The van der Waals surface area contributed by atoms with E-state index in [9.17, 15) is 9.59 Å². The first-order chi connectivity index (χ1) is 13.6. The summed E-state index contributed by atoms with van der Waals surface area (Å²) in [7, 11) is 1.74. The number of likely N-dealkylation sites (tertiary alicyclic amines) is 1. The topological polar surface area (TPSA) is 61.9 Å². The first-order valence-electron chi connectivity index (χ1n) is 9.74. The van der Waals surface area contributed by atoms with Crippen LogP contribution < -0.4 is 5.32 Å². The highest BCUT2D eigenvalue weighted by molar-refractivity contribution is 5.83.